The quantitative estimate of drug-likeness (QED) is 0.0297. The molecule has 0 amide bonds. The molecule has 5 rings (SSSR count). The molecule has 0 aliphatic carbocycles. The number of piperidine rings is 4. The monoisotopic (exact) mass is 1520 g/mol. The first-order valence-corrected chi connectivity index (χ1v) is 41.4. The number of ether oxygens (including phenoxy) is 5. The molecule has 0 saturated carbocycles. The van der Waals surface area contributed by atoms with Gasteiger partial charge in [-0.3, -0.25) is 33.8 Å². The highest BCUT2D eigenvalue weighted by Gasteiger charge is 2.51. The smallest absolute Gasteiger partial charge is 0.309 e. The van der Waals surface area contributed by atoms with Gasteiger partial charge >= 0.3 is 23.9 Å². The Morgan fingerprint density at radius 1 is 0.505 bits per heavy atom. The van der Waals surface area contributed by atoms with Gasteiger partial charge in [0.1, 0.15) is 36.5 Å². The van der Waals surface area contributed by atoms with Gasteiger partial charge < -0.3 is 38.4 Å². The molecule has 1 unspecified atom stereocenters. The molecule has 0 radical (unpaired) electrons. The standard InChI is InChI=1S/C44H68N2O6.C31H53NO3.C17H31NO4/c1-11-13-15-17-23-27-31-49-45-41(3,4)33-37(34-42(45,5)6)51-39(47)29-25-21-19-20-22-26-30-40(48)52-38-35-43(7,8)46(44(9,10)36-38)50-32-28-24-18-16-14-12-2;1-13-14-15-22(27(34)35-23-19-30(8,9)32(12)31(10,11)20-23)16-21-17-24(28(2,3)4)26(33)25(18-21)29(5,6)7;1-13(19)7-8-15(20)22-10-9-18-16(2,3)11-14(21-6)12-17(18,4)5/h1,37-38H,12,14,16,18-22,24-26,28-30,32-36H2,2-10H3;17-18,22-23,33H,13-16,19-20H2,1-12H3;14H,7-12H2,1-6H3. The third-order valence-corrected chi connectivity index (χ3v) is 22.5. The van der Waals surface area contributed by atoms with Crippen LogP contribution in [-0.4, -0.2) is 157 Å². The Bertz CT molecular complexity index is 3180. The Morgan fingerprint density at radius 2 is 0.917 bits per heavy atom. The number of phenols is 1. The number of hydrogen-bond acceptors (Lipinski definition) is 17. The van der Waals surface area contributed by atoms with Crippen molar-refractivity contribution in [1.29, 1.82) is 0 Å². The first-order chi connectivity index (χ1) is 50.4. The largest absolute Gasteiger partial charge is 0.507 e. The summed E-state index contributed by atoms with van der Waals surface area (Å²) in [6.45, 7) is 55.2. The summed E-state index contributed by atoms with van der Waals surface area (Å²) in [6, 6.07) is 4.22. The third kappa shape index (κ3) is 33.2. The van der Waals surface area contributed by atoms with Gasteiger partial charge in [0.2, 0.25) is 0 Å². The highest BCUT2D eigenvalue weighted by Crippen LogP contribution is 2.45. The van der Waals surface area contributed by atoms with Gasteiger partial charge in [-0.1, -0.05) is 138 Å². The van der Waals surface area contributed by atoms with E-state index in [9.17, 15) is 29.1 Å². The molecule has 17 nitrogen and oxygen atoms in total. The van der Waals surface area contributed by atoms with Crippen LogP contribution in [0.25, 0.3) is 0 Å². The normalized spacial score (nSPS) is 20.0. The Labute approximate surface area is 663 Å². The SMILES string of the molecule is C#CC#CC#CC#CON1C(C)(C)CC(OC(=O)CCCCCCCCC(=O)OC2CC(C)(C)N(OCCCCCCCC)C(C)(C)C2)CC1(C)C.CCCCC(Cc1cc(C(C)(C)C)c(O)c(C(C)(C)C)c1)C(=O)OC1CC(C)(C)N(C)C(C)(C)C1.COC1CC(C)(C)N(CCOC(=O)CCC(C)=O)C(C)(C)C1. The fraction of sp³-hybridized carbons (Fsp3) is 0.793. The van der Waals surface area contributed by atoms with E-state index in [1.54, 1.807) is 7.11 Å². The van der Waals surface area contributed by atoms with E-state index in [4.69, 9.17) is 39.8 Å². The minimum Gasteiger partial charge on any atom is -0.507 e. The van der Waals surface area contributed by atoms with Gasteiger partial charge in [-0.2, -0.15) is 5.06 Å². The van der Waals surface area contributed by atoms with Crippen LogP contribution < -0.4 is 0 Å². The maximum atomic E-state index is 13.6. The number of phenolic OH excluding ortho intramolecular Hbond substituents is 1. The lowest BCUT2D eigenvalue weighted by Gasteiger charge is -2.55. The highest BCUT2D eigenvalue weighted by molar-refractivity contribution is 5.81. The minimum atomic E-state index is -0.406. The zero-order chi connectivity index (χ0) is 82.6. The van der Waals surface area contributed by atoms with Crippen molar-refractivity contribution in [2.24, 2.45) is 5.92 Å². The number of rotatable bonds is 34. The van der Waals surface area contributed by atoms with Crippen LogP contribution in [0.4, 0.5) is 0 Å². The van der Waals surface area contributed by atoms with Gasteiger partial charge in [-0.15, -0.1) is 11.5 Å². The van der Waals surface area contributed by atoms with Crippen molar-refractivity contribution in [3.8, 4) is 53.8 Å². The summed E-state index contributed by atoms with van der Waals surface area (Å²) in [7, 11) is 3.94. The van der Waals surface area contributed by atoms with Crippen molar-refractivity contribution in [3.63, 3.8) is 0 Å². The number of likely N-dealkylation sites (tertiary alicyclic amines) is 2. The maximum absolute atomic E-state index is 13.6. The first-order valence-electron chi connectivity index (χ1n) is 41.4. The van der Waals surface area contributed by atoms with Crippen molar-refractivity contribution in [2.45, 2.75) is 432 Å². The lowest BCUT2D eigenvalue weighted by molar-refractivity contribution is -0.293. The second-order valence-electron chi connectivity index (χ2n) is 38.8. The van der Waals surface area contributed by atoms with Crippen LogP contribution in [-0.2, 0) is 74.6 Å². The van der Waals surface area contributed by atoms with E-state index in [0.29, 0.717) is 51.0 Å². The average Bonchev–Trinajstić information content (AvgIpc) is 0.786. The number of ketones is 1. The summed E-state index contributed by atoms with van der Waals surface area (Å²) < 4.78 is 29.0. The number of Topliss-reactive ketones (excluding diaryl/α,β-unsaturated/α-hetero) is 1. The molecule has 1 aromatic rings. The molecule has 1 atom stereocenters. The van der Waals surface area contributed by atoms with Crippen LogP contribution in [0.1, 0.15) is 363 Å². The molecule has 0 spiro atoms. The van der Waals surface area contributed by atoms with Crippen molar-refractivity contribution in [1.82, 2.24) is 19.9 Å². The molecule has 109 heavy (non-hydrogen) atoms. The van der Waals surface area contributed by atoms with E-state index in [1.165, 1.54) is 39.0 Å². The van der Waals surface area contributed by atoms with Crippen LogP contribution in [0.2, 0.25) is 0 Å². The van der Waals surface area contributed by atoms with Crippen LogP contribution in [0, 0.1) is 54.0 Å². The summed E-state index contributed by atoms with van der Waals surface area (Å²) in [4.78, 5) is 78.4. The molecule has 4 aliphatic heterocycles. The number of methoxy groups -OCH3 is 1. The van der Waals surface area contributed by atoms with E-state index in [-0.39, 0.29) is 117 Å². The van der Waals surface area contributed by atoms with Crippen molar-refractivity contribution >= 4 is 29.7 Å². The Hall–Kier alpha value is -5.63. The second kappa shape index (κ2) is 43.6. The second-order valence-corrected chi connectivity index (χ2v) is 38.8. The van der Waals surface area contributed by atoms with Gasteiger partial charge in [-0.25, -0.2) is 0 Å². The number of nitrogens with zero attached hydrogens (tertiary/aromatic N) is 4. The topological polar surface area (TPSA) is 183 Å². The van der Waals surface area contributed by atoms with E-state index in [2.05, 4.69) is 242 Å². The van der Waals surface area contributed by atoms with Gasteiger partial charge in [0.15, 0.2) is 6.11 Å². The zero-order valence-corrected chi connectivity index (χ0v) is 73.7. The molecule has 4 fully saturated rings. The van der Waals surface area contributed by atoms with E-state index < -0.39 is 11.1 Å². The fourth-order valence-corrected chi connectivity index (χ4v) is 17.3. The van der Waals surface area contributed by atoms with Gasteiger partial charge in [-0.05, 0) is 215 Å². The molecule has 17 heteroatoms. The summed E-state index contributed by atoms with van der Waals surface area (Å²) in [5.41, 5.74) is 1.32. The summed E-state index contributed by atoms with van der Waals surface area (Å²) in [6.07, 6.45) is 31.9. The van der Waals surface area contributed by atoms with Crippen LogP contribution in [0.5, 0.6) is 5.75 Å². The Morgan fingerprint density at radius 3 is 1.37 bits per heavy atom. The van der Waals surface area contributed by atoms with E-state index >= 15 is 0 Å². The Kier molecular flexibility index (Phi) is 39.0. The fourth-order valence-electron chi connectivity index (χ4n) is 17.3. The van der Waals surface area contributed by atoms with Crippen molar-refractivity contribution < 1.29 is 62.4 Å². The van der Waals surface area contributed by atoms with Crippen LogP contribution >= 0.6 is 0 Å². The number of unbranched alkanes of at least 4 members (excludes halogenated alkanes) is 11. The number of hydrogen-bond donors (Lipinski definition) is 1. The van der Waals surface area contributed by atoms with Gasteiger partial charge in [0, 0.05) is 122 Å². The van der Waals surface area contributed by atoms with Crippen molar-refractivity contribution in [2.75, 3.05) is 33.9 Å². The molecule has 4 saturated heterocycles. The molecule has 1 aromatic carbocycles. The number of aromatic hydroxyl groups is 1. The van der Waals surface area contributed by atoms with Crippen LogP contribution in [0.15, 0.2) is 12.1 Å². The summed E-state index contributed by atoms with van der Waals surface area (Å²) in [5, 5.41) is 15.1. The molecule has 618 valence electrons. The Balaban J connectivity index is 0.000000463. The van der Waals surface area contributed by atoms with Crippen LogP contribution in [0.3, 0.4) is 0 Å². The minimum absolute atomic E-state index is 0.00574. The molecular formula is C92H152N4O13. The number of terminal acetylenes is 1. The molecule has 1 N–H and O–H groups in total. The molecule has 0 bridgehead atoms. The van der Waals surface area contributed by atoms with Gasteiger partial charge in [0.25, 0.3) is 0 Å². The first kappa shape index (κ1) is 97.6. The van der Waals surface area contributed by atoms with Crippen molar-refractivity contribution in [3.05, 3.63) is 28.8 Å². The predicted molar refractivity (Wildman–Crippen MR) is 441 cm³/mol. The number of carbonyl (C=O) groups is 5. The molecule has 4 heterocycles. The van der Waals surface area contributed by atoms with E-state index in [1.807, 2.05) is 5.06 Å². The summed E-state index contributed by atoms with van der Waals surface area (Å²) in [5.74, 6) is 14.5. The lowest BCUT2D eigenvalue weighted by atomic mass is 9.77. The van der Waals surface area contributed by atoms with Gasteiger partial charge in [0.05, 0.1) is 36.1 Å². The zero-order valence-electron chi connectivity index (χ0n) is 73.7. The predicted octanol–water partition coefficient (Wildman–Crippen LogP) is 19.2. The number of benzene rings is 1. The summed E-state index contributed by atoms with van der Waals surface area (Å²) >= 11 is 0. The number of carbonyl (C=O) groups excluding carboxylic acids is 5. The average molecular weight is 1520 g/mol. The van der Waals surface area contributed by atoms with E-state index in [0.717, 1.165) is 126 Å². The maximum Gasteiger partial charge on any atom is 0.309 e. The molecule has 4 aliphatic rings. The molecule has 0 aromatic heterocycles. The number of esters is 4. The molecular weight excluding hydrogens is 1370 g/mol. The lowest BCUT2D eigenvalue weighted by Crippen LogP contribution is -2.62. The number of hydroxylamine groups is 4. The highest BCUT2D eigenvalue weighted by atomic mass is 16.7. The third-order valence-electron chi connectivity index (χ3n) is 22.5.